The van der Waals surface area contributed by atoms with Crippen LogP contribution in [0.4, 0.5) is 0 Å². The van der Waals surface area contributed by atoms with Crippen LogP contribution in [0.1, 0.15) is 37.1 Å². The normalized spacial score (nSPS) is 12.9. The Kier molecular flexibility index (Phi) is 3.64. The van der Waals surface area contributed by atoms with Gasteiger partial charge >= 0.3 is 0 Å². The SMILES string of the molecule is CCNCc1cn(C(C)c2ccc(C)o2)cn1. The van der Waals surface area contributed by atoms with E-state index in [0.29, 0.717) is 0 Å². The number of furan rings is 1. The minimum absolute atomic E-state index is 0.187. The van der Waals surface area contributed by atoms with Gasteiger partial charge in [-0.3, -0.25) is 0 Å². The molecule has 0 radical (unpaired) electrons. The molecule has 2 heterocycles. The highest BCUT2D eigenvalue weighted by Gasteiger charge is 2.11. The minimum Gasteiger partial charge on any atom is -0.464 e. The Hall–Kier alpha value is -1.55. The second kappa shape index (κ2) is 5.19. The van der Waals surface area contributed by atoms with Crippen LogP contribution in [0.15, 0.2) is 29.1 Å². The molecule has 0 bridgehead atoms. The molecule has 1 atom stereocenters. The van der Waals surface area contributed by atoms with E-state index in [0.717, 1.165) is 30.3 Å². The van der Waals surface area contributed by atoms with Crippen LogP contribution in [0.2, 0.25) is 0 Å². The first kappa shape index (κ1) is 11.9. The Morgan fingerprint density at radius 3 is 2.94 bits per heavy atom. The van der Waals surface area contributed by atoms with Crippen molar-refractivity contribution in [2.45, 2.75) is 33.4 Å². The molecule has 2 aromatic rings. The van der Waals surface area contributed by atoms with E-state index in [1.54, 1.807) is 0 Å². The van der Waals surface area contributed by atoms with E-state index in [2.05, 4.69) is 34.9 Å². The van der Waals surface area contributed by atoms with Crippen molar-refractivity contribution < 1.29 is 4.42 Å². The number of aryl methyl sites for hydroxylation is 1. The Labute approximate surface area is 102 Å². The number of nitrogens with one attached hydrogen (secondary N) is 1. The average molecular weight is 233 g/mol. The van der Waals surface area contributed by atoms with E-state index in [1.165, 1.54) is 0 Å². The summed E-state index contributed by atoms with van der Waals surface area (Å²) < 4.78 is 7.70. The van der Waals surface area contributed by atoms with Crippen LogP contribution < -0.4 is 5.32 Å². The van der Waals surface area contributed by atoms with Crippen molar-refractivity contribution in [3.63, 3.8) is 0 Å². The molecule has 0 aliphatic rings. The molecule has 2 rings (SSSR count). The van der Waals surface area contributed by atoms with Gasteiger partial charge in [0.25, 0.3) is 0 Å². The second-order valence-electron chi connectivity index (χ2n) is 4.22. The minimum atomic E-state index is 0.187. The summed E-state index contributed by atoms with van der Waals surface area (Å²) in [5.41, 5.74) is 1.06. The molecular weight excluding hydrogens is 214 g/mol. The fraction of sp³-hybridized carbons (Fsp3) is 0.462. The standard InChI is InChI=1S/C13H19N3O/c1-4-14-7-12-8-16(9-15-12)11(3)13-6-5-10(2)17-13/h5-6,8-9,11,14H,4,7H2,1-3H3. The summed E-state index contributed by atoms with van der Waals surface area (Å²) in [4.78, 5) is 4.37. The van der Waals surface area contributed by atoms with Gasteiger partial charge in [-0.1, -0.05) is 6.92 Å². The van der Waals surface area contributed by atoms with Crippen LogP contribution in [0.25, 0.3) is 0 Å². The third-order valence-corrected chi connectivity index (χ3v) is 2.83. The van der Waals surface area contributed by atoms with Crippen molar-refractivity contribution in [3.05, 3.63) is 41.9 Å². The van der Waals surface area contributed by atoms with Crippen LogP contribution in [0.5, 0.6) is 0 Å². The monoisotopic (exact) mass is 233 g/mol. The van der Waals surface area contributed by atoms with Gasteiger partial charge in [-0.25, -0.2) is 4.98 Å². The van der Waals surface area contributed by atoms with Crippen LogP contribution >= 0.6 is 0 Å². The highest BCUT2D eigenvalue weighted by Crippen LogP contribution is 2.20. The summed E-state index contributed by atoms with van der Waals surface area (Å²) in [6.07, 6.45) is 3.92. The van der Waals surface area contributed by atoms with Crippen molar-refractivity contribution in [1.82, 2.24) is 14.9 Å². The van der Waals surface area contributed by atoms with E-state index >= 15 is 0 Å². The molecule has 1 unspecified atom stereocenters. The van der Waals surface area contributed by atoms with Gasteiger partial charge in [0.2, 0.25) is 0 Å². The van der Waals surface area contributed by atoms with Gasteiger partial charge in [-0.05, 0) is 32.5 Å². The van der Waals surface area contributed by atoms with Gasteiger partial charge < -0.3 is 14.3 Å². The summed E-state index contributed by atoms with van der Waals surface area (Å²) in [6.45, 7) is 7.93. The zero-order valence-electron chi connectivity index (χ0n) is 10.6. The number of nitrogens with zero attached hydrogens (tertiary/aromatic N) is 2. The molecule has 92 valence electrons. The van der Waals surface area contributed by atoms with Crippen LogP contribution in [-0.2, 0) is 6.54 Å². The smallest absolute Gasteiger partial charge is 0.126 e. The molecule has 1 N–H and O–H groups in total. The summed E-state index contributed by atoms with van der Waals surface area (Å²) in [7, 11) is 0. The highest BCUT2D eigenvalue weighted by atomic mass is 16.3. The lowest BCUT2D eigenvalue weighted by Crippen LogP contribution is -2.12. The zero-order chi connectivity index (χ0) is 12.3. The lowest BCUT2D eigenvalue weighted by Gasteiger charge is -2.09. The first-order valence-corrected chi connectivity index (χ1v) is 6.00. The fourth-order valence-electron chi connectivity index (χ4n) is 1.76. The first-order valence-electron chi connectivity index (χ1n) is 6.00. The zero-order valence-corrected chi connectivity index (χ0v) is 10.6. The van der Waals surface area contributed by atoms with Gasteiger partial charge in [0, 0.05) is 12.7 Å². The average Bonchev–Trinajstić information content (AvgIpc) is 2.94. The molecule has 17 heavy (non-hydrogen) atoms. The van der Waals surface area contributed by atoms with E-state index in [9.17, 15) is 0 Å². The molecule has 0 fully saturated rings. The topological polar surface area (TPSA) is 43.0 Å². The third-order valence-electron chi connectivity index (χ3n) is 2.83. The van der Waals surface area contributed by atoms with E-state index < -0.39 is 0 Å². The molecule has 0 amide bonds. The molecule has 2 aromatic heterocycles. The Morgan fingerprint density at radius 1 is 1.47 bits per heavy atom. The van der Waals surface area contributed by atoms with Crippen molar-refractivity contribution >= 4 is 0 Å². The predicted molar refractivity (Wildman–Crippen MR) is 66.9 cm³/mol. The molecule has 0 aromatic carbocycles. The van der Waals surface area contributed by atoms with Gasteiger partial charge in [-0.15, -0.1) is 0 Å². The predicted octanol–water partition coefficient (Wildman–Crippen LogP) is 2.50. The maximum absolute atomic E-state index is 5.63. The molecule has 4 nitrogen and oxygen atoms in total. The maximum Gasteiger partial charge on any atom is 0.126 e. The Morgan fingerprint density at radius 2 is 2.29 bits per heavy atom. The van der Waals surface area contributed by atoms with Crippen molar-refractivity contribution in [3.8, 4) is 0 Å². The molecule has 4 heteroatoms. The molecule has 0 saturated heterocycles. The van der Waals surface area contributed by atoms with Crippen LogP contribution in [0.3, 0.4) is 0 Å². The summed E-state index contributed by atoms with van der Waals surface area (Å²) in [5.74, 6) is 1.91. The highest BCUT2D eigenvalue weighted by molar-refractivity contribution is 5.11. The van der Waals surface area contributed by atoms with Gasteiger partial charge in [-0.2, -0.15) is 0 Å². The first-order chi connectivity index (χ1) is 8.20. The molecular formula is C13H19N3O. The quantitative estimate of drug-likeness (QED) is 0.862. The van der Waals surface area contributed by atoms with E-state index in [-0.39, 0.29) is 6.04 Å². The third kappa shape index (κ3) is 2.77. The summed E-state index contributed by atoms with van der Waals surface area (Å²) >= 11 is 0. The summed E-state index contributed by atoms with van der Waals surface area (Å²) in [6, 6.07) is 4.19. The van der Waals surface area contributed by atoms with Gasteiger partial charge in [0.05, 0.1) is 18.1 Å². The van der Waals surface area contributed by atoms with Crippen molar-refractivity contribution in [2.24, 2.45) is 0 Å². The number of rotatable bonds is 5. The van der Waals surface area contributed by atoms with E-state index in [4.69, 9.17) is 4.42 Å². The second-order valence-corrected chi connectivity index (χ2v) is 4.22. The Balaban J connectivity index is 2.09. The van der Waals surface area contributed by atoms with Gasteiger partial charge in [0.15, 0.2) is 0 Å². The van der Waals surface area contributed by atoms with Crippen molar-refractivity contribution in [1.29, 1.82) is 0 Å². The lowest BCUT2D eigenvalue weighted by molar-refractivity contribution is 0.429. The number of aromatic nitrogens is 2. The lowest BCUT2D eigenvalue weighted by atomic mass is 10.2. The molecule has 0 spiro atoms. The summed E-state index contributed by atoms with van der Waals surface area (Å²) in [5, 5.41) is 3.26. The molecule has 0 saturated carbocycles. The Bertz CT molecular complexity index is 472. The van der Waals surface area contributed by atoms with E-state index in [1.807, 2.05) is 25.4 Å². The fourth-order valence-corrected chi connectivity index (χ4v) is 1.76. The largest absolute Gasteiger partial charge is 0.464 e. The molecule has 0 aliphatic carbocycles. The number of hydrogen-bond acceptors (Lipinski definition) is 3. The van der Waals surface area contributed by atoms with Crippen molar-refractivity contribution in [2.75, 3.05) is 6.54 Å². The number of hydrogen-bond donors (Lipinski definition) is 1. The molecule has 0 aliphatic heterocycles. The van der Waals surface area contributed by atoms with Crippen LogP contribution in [0, 0.1) is 6.92 Å². The maximum atomic E-state index is 5.63. The number of imidazole rings is 1. The van der Waals surface area contributed by atoms with Crippen LogP contribution in [-0.4, -0.2) is 16.1 Å². The van der Waals surface area contributed by atoms with Gasteiger partial charge in [0.1, 0.15) is 11.5 Å².